The van der Waals surface area contributed by atoms with E-state index in [1.165, 1.54) is 27.2 Å². The predicted molar refractivity (Wildman–Crippen MR) is 248 cm³/mol. The first-order chi connectivity index (χ1) is 30.5. The number of aryl methyl sites for hydroxylation is 1. The molecular weight excluding hydrogens is 881 g/mol. The number of anilines is 2. The van der Waals surface area contributed by atoms with E-state index in [-0.39, 0.29) is 17.1 Å². The fourth-order valence-corrected chi connectivity index (χ4v) is 12.3. The zero-order valence-electron chi connectivity index (χ0n) is 36.5. The molecule has 0 radical (unpaired) electrons. The lowest BCUT2D eigenvalue weighted by molar-refractivity contribution is -0.0875. The van der Waals surface area contributed by atoms with Crippen molar-refractivity contribution < 1.29 is 18.7 Å². The van der Waals surface area contributed by atoms with Crippen molar-refractivity contribution in [3.63, 3.8) is 0 Å². The molecule has 6 heterocycles. The molecule has 5 aliphatic rings. The molecule has 2 fully saturated rings. The zero-order chi connectivity index (χ0) is 43.5. The summed E-state index contributed by atoms with van der Waals surface area (Å²) < 4.78 is 32.0. The molecule has 1 amide bonds. The lowest BCUT2D eigenvalue weighted by Gasteiger charge is -2.46. The van der Waals surface area contributed by atoms with Gasteiger partial charge in [0.05, 0.1) is 40.8 Å². The summed E-state index contributed by atoms with van der Waals surface area (Å²) in [6, 6.07) is 28.0. The number of fused-ring (bicyclic) bond motifs is 5. The largest absolute Gasteiger partial charge is 0.476 e. The van der Waals surface area contributed by atoms with Gasteiger partial charge in [-0.1, -0.05) is 85.3 Å². The van der Waals surface area contributed by atoms with Crippen molar-refractivity contribution in [1.82, 2.24) is 24.6 Å². The van der Waals surface area contributed by atoms with Crippen LogP contribution in [-0.2, 0) is 49.5 Å². The van der Waals surface area contributed by atoms with Crippen LogP contribution in [0.4, 0.5) is 15.8 Å². The fraction of sp³-hybridized carbons (Fsp3) is 0.460. The van der Waals surface area contributed by atoms with E-state index in [1.54, 1.807) is 14.1 Å². The van der Waals surface area contributed by atoms with Crippen molar-refractivity contribution in [3.05, 3.63) is 133 Å². The summed E-state index contributed by atoms with van der Waals surface area (Å²) in [5.74, 6) is 0.683. The summed E-state index contributed by atoms with van der Waals surface area (Å²) in [5, 5.41) is 5.08. The van der Waals surface area contributed by atoms with E-state index in [2.05, 4.69) is 116 Å². The van der Waals surface area contributed by atoms with E-state index >= 15 is 0 Å². The Hall–Kier alpha value is -4.49. The van der Waals surface area contributed by atoms with Crippen molar-refractivity contribution in [2.24, 2.45) is 0 Å². The minimum Gasteiger partial charge on any atom is -0.476 e. The standard InChI is InChI=1S/C50H56BrClFN7O3/c1-33-18-20-50(44-37(33)16-17-40(45(44)51)58(27-34-12-6-4-7-13-34)28-35-14-8-5-9-15-35)26-39-38(31-63-50)41(24-43(54-39)62-32-49-19-10-22-59(49)29-36(53)25-49)57-21-11-23-60-42(30-57)46(52)47(55-60)48(61)56(2)3/h4-9,12-17,24,33,36H,10-11,18-23,25-32H2,1-3H3/t33-,36+,49-,50-/m0/s1. The van der Waals surface area contributed by atoms with Crippen molar-refractivity contribution >= 4 is 44.8 Å². The van der Waals surface area contributed by atoms with Gasteiger partial charge in [0, 0.05) is 87.0 Å². The molecule has 2 aromatic heterocycles. The van der Waals surface area contributed by atoms with Crippen LogP contribution in [0.15, 0.2) is 83.3 Å². The van der Waals surface area contributed by atoms with Gasteiger partial charge in [0.2, 0.25) is 5.88 Å². The van der Waals surface area contributed by atoms with E-state index in [0.717, 1.165) is 91.1 Å². The van der Waals surface area contributed by atoms with Crippen molar-refractivity contribution in [2.45, 2.75) is 108 Å². The number of carbonyl (C=O) groups excluding carboxylic acids is 1. The Bertz CT molecular complexity index is 2470. The number of pyridine rings is 1. The first-order valence-corrected chi connectivity index (χ1v) is 23.7. The first-order valence-electron chi connectivity index (χ1n) is 22.6. The van der Waals surface area contributed by atoms with Crippen LogP contribution >= 0.6 is 27.5 Å². The van der Waals surface area contributed by atoms with Gasteiger partial charge in [0.1, 0.15) is 18.4 Å². The highest BCUT2D eigenvalue weighted by Gasteiger charge is 2.50. The highest BCUT2D eigenvalue weighted by atomic mass is 79.9. The number of hydrogen-bond acceptors (Lipinski definition) is 8. The number of aromatic nitrogens is 3. The summed E-state index contributed by atoms with van der Waals surface area (Å²) in [7, 11) is 3.43. The normalized spacial score (nSPS) is 24.1. The maximum atomic E-state index is 14.9. The second-order valence-corrected chi connectivity index (χ2v) is 19.8. The highest BCUT2D eigenvalue weighted by Crippen LogP contribution is 2.54. The number of nitrogens with zero attached hydrogens (tertiary/aromatic N) is 7. The molecule has 1 aliphatic carbocycles. The number of rotatable bonds is 10. The van der Waals surface area contributed by atoms with Crippen LogP contribution in [0.3, 0.4) is 0 Å². The molecule has 10 nitrogen and oxygen atoms in total. The van der Waals surface area contributed by atoms with Crippen LogP contribution in [-0.4, -0.2) is 82.5 Å². The monoisotopic (exact) mass is 935 g/mol. The minimum absolute atomic E-state index is 0.217. The summed E-state index contributed by atoms with van der Waals surface area (Å²) in [4.78, 5) is 27.1. The fourth-order valence-electron chi connectivity index (χ4n) is 11.1. The molecule has 0 saturated carbocycles. The van der Waals surface area contributed by atoms with Crippen LogP contribution in [0, 0.1) is 0 Å². The van der Waals surface area contributed by atoms with Crippen molar-refractivity contribution in [1.29, 1.82) is 0 Å². The number of amides is 1. The highest BCUT2D eigenvalue weighted by molar-refractivity contribution is 9.10. The summed E-state index contributed by atoms with van der Waals surface area (Å²) >= 11 is 11.3. The van der Waals surface area contributed by atoms with Gasteiger partial charge in [-0.15, -0.1) is 0 Å². The van der Waals surface area contributed by atoms with Crippen molar-refractivity contribution in [2.75, 3.05) is 50.1 Å². The zero-order valence-corrected chi connectivity index (χ0v) is 38.8. The van der Waals surface area contributed by atoms with Gasteiger partial charge >= 0.3 is 0 Å². The van der Waals surface area contributed by atoms with Gasteiger partial charge in [-0.05, 0) is 83.3 Å². The minimum atomic E-state index is -0.845. The number of alkyl halides is 1. The topological polar surface area (TPSA) is 79.2 Å². The van der Waals surface area contributed by atoms with Crippen LogP contribution in [0.1, 0.15) is 101 Å². The lowest BCUT2D eigenvalue weighted by Crippen LogP contribution is -2.43. The molecule has 3 aromatic carbocycles. The SMILES string of the molecule is C[C@H]1CC[C@]2(Cc3nc(OC[C@@]45CCCN4C[C@H](F)C5)cc(N4CCCn5nc(C(=O)N(C)C)c(Cl)c5C4)c3CO2)c2c1ccc(N(Cc1ccccc1)Cc1ccccc1)c2Br. The van der Waals surface area contributed by atoms with Gasteiger partial charge in [0.25, 0.3) is 5.91 Å². The van der Waals surface area contributed by atoms with E-state index in [0.29, 0.717) is 62.5 Å². The Kier molecular flexibility index (Phi) is 11.6. The average molecular weight is 937 g/mol. The molecule has 0 bridgehead atoms. The van der Waals surface area contributed by atoms with Gasteiger partial charge in [-0.3, -0.25) is 14.4 Å². The van der Waals surface area contributed by atoms with E-state index < -0.39 is 11.8 Å². The summed E-state index contributed by atoms with van der Waals surface area (Å²) in [5.41, 5.74) is 9.23. The predicted octanol–water partition coefficient (Wildman–Crippen LogP) is 9.83. The number of halogens is 3. The third kappa shape index (κ3) is 7.93. The van der Waals surface area contributed by atoms with Gasteiger partial charge in [-0.25, -0.2) is 9.37 Å². The van der Waals surface area contributed by atoms with Gasteiger partial charge in [-0.2, -0.15) is 5.10 Å². The number of carbonyl (C=O) groups is 1. The molecule has 330 valence electrons. The van der Waals surface area contributed by atoms with Crippen LogP contribution < -0.4 is 14.5 Å². The molecular formula is C50H56BrClFN7O3. The summed E-state index contributed by atoms with van der Waals surface area (Å²) in [6.07, 6.45) is 4.81. The van der Waals surface area contributed by atoms with Gasteiger partial charge in [0.15, 0.2) is 5.69 Å². The lowest BCUT2D eigenvalue weighted by atomic mass is 9.71. The number of ether oxygens (including phenoxy) is 2. The Balaban J connectivity index is 1.05. The Morgan fingerprint density at radius 1 is 1.00 bits per heavy atom. The molecule has 4 atom stereocenters. The van der Waals surface area contributed by atoms with Gasteiger partial charge < -0.3 is 24.2 Å². The smallest absolute Gasteiger partial charge is 0.275 e. The van der Waals surface area contributed by atoms with Crippen molar-refractivity contribution in [3.8, 4) is 5.88 Å². The van der Waals surface area contributed by atoms with Crippen LogP contribution in [0.2, 0.25) is 5.02 Å². The summed E-state index contributed by atoms with van der Waals surface area (Å²) in [6.45, 7) is 7.79. The molecule has 13 heteroatoms. The molecule has 1 spiro atoms. The number of hydrogen-bond donors (Lipinski definition) is 0. The molecule has 0 unspecified atom stereocenters. The van der Waals surface area contributed by atoms with E-state index in [4.69, 9.17) is 31.2 Å². The Morgan fingerprint density at radius 3 is 2.48 bits per heavy atom. The van der Waals surface area contributed by atoms with E-state index in [1.807, 2.05) is 4.68 Å². The molecule has 0 N–H and O–H groups in total. The third-order valence-electron chi connectivity index (χ3n) is 14.3. The third-order valence-corrected chi connectivity index (χ3v) is 15.5. The molecule has 4 aliphatic heterocycles. The first kappa shape index (κ1) is 42.5. The Labute approximate surface area is 383 Å². The molecule has 2 saturated heterocycles. The quantitative estimate of drug-likeness (QED) is 0.137. The molecule has 63 heavy (non-hydrogen) atoms. The van der Waals surface area contributed by atoms with E-state index in [9.17, 15) is 9.18 Å². The second kappa shape index (κ2) is 17.1. The van der Waals surface area contributed by atoms with Crippen LogP contribution in [0.25, 0.3) is 0 Å². The Morgan fingerprint density at radius 2 is 1.75 bits per heavy atom. The molecule has 5 aromatic rings. The van der Waals surface area contributed by atoms with Crippen LogP contribution in [0.5, 0.6) is 5.88 Å². The average Bonchev–Trinajstić information content (AvgIpc) is 3.86. The maximum Gasteiger partial charge on any atom is 0.275 e. The second-order valence-electron chi connectivity index (χ2n) is 18.7. The molecule has 10 rings (SSSR count). The number of benzene rings is 3. The maximum absolute atomic E-state index is 14.9.